The average molecular weight is 383 g/mol. The van der Waals surface area contributed by atoms with Crippen LogP contribution < -0.4 is 10.6 Å². The lowest BCUT2D eigenvalue weighted by atomic mass is 10.1. The van der Waals surface area contributed by atoms with Gasteiger partial charge in [0.15, 0.2) is 0 Å². The number of nitrogens with one attached hydrogen (secondary N) is 2. The third-order valence-electron chi connectivity index (χ3n) is 3.94. The minimum Gasteiger partial charge on any atom is -0.444 e. The van der Waals surface area contributed by atoms with Crippen molar-refractivity contribution in [3.05, 3.63) is 60.2 Å². The Morgan fingerprint density at radius 3 is 2.14 bits per heavy atom. The Labute approximate surface area is 166 Å². The van der Waals surface area contributed by atoms with E-state index in [2.05, 4.69) is 29.7 Å². The molecule has 0 saturated carbocycles. The molecule has 6 heteroatoms. The van der Waals surface area contributed by atoms with Crippen LogP contribution in [0.2, 0.25) is 0 Å². The van der Waals surface area contributed by atoms with Crippen LogP contribution in [-0.2, 0) is 9.53 Å². The number of benzene rings is 2. The minimum atomic E-state index is -0.596. The van der Waals surface area contributed by atoms with E-state index in [1.165, 1.54) is 17.5 Å². The number of nitrogens with zero attached hydrogens (tertiary/aromatic N) is 1. The van der Waals surface area contributed by atoms with E-state index in [4.69, 9.17) is 4.74 Å². The zero-order valence-electron chi connectivity index (χ0n) is 17.2. The van der Waals surface area contributed by atoms with Crippen molar-refractivity contribution in [3.8, 4) is 0 Å². The van der Waals surface area contributed by atoms with Gasteiger partial charge in [0.2, 0.25) is 5.91 Å². The minimum absolute atomic E-state index is 0.0834. The number of hydrogen-bond acceptors (Lipinski definition) is 4. The third kappa shape index (κ3) is 6.95. The van der Waals surface area contributed by atoms with E-state index in [1.807, 2.05) is 42.5 Å². The molecule has 2 aromatic carbocycles. The van der Waals surface area contributed by atoms with Gasteiger partial charge in [-0.2, -0.15) is 0 Å². The van der Waals surface area contributed by atoms with Gasteiger partial charge < -0.3 is 20.3 Å². The normalized spacial score (nSPS) is 12.0. The van der Waals surface area contributed by atoms with Gasteiger partial charge in [-0.15, -0.1) is 0 Å². The van der Waals surface area contributed by atoms with Gasteiger partial charge in [-0.1, -0.05) is 30.3 Å². The largest absolute Gasteiger partial charge is 0.444 e. The van der Waals surface area contributed by atoms with Gasteiger partial charge in [-0.3, -0.25) is 4.79 Å². The van der Waals surface area contributed by atoms with Gasteiger partial charge in [0.1, 0.15) is 12.1 Å². The monoisotopic (exact) mass is 383 g/mol. The third-order valence-corrected chi connectivity index (χ3v) is 3.94. The van der Waals surface area contributed by atoms with Gasteiger partial charge in [0, 0.05) is 24.5 Å². The van der Waals surface area contributed by atoms with Crippen molar-refractivity contribution in [2.45, 2.75) is 39.3 Å². The maximum Gasteiger partial charge on any atom is 0.410 e. The molecule has 0 aromatic heterocycles. The molecule has 0 spiro atoms. The Balaban J connectivity index is 1.86. The van der Waals surface area contributed by atoms with Crippen LogP contribution in [0.15, 0.2) is 54.6 Å². The molecule has 0 aliphatic rings. The number of rotatable bonds is 6. The molecule has 2 aromatic rings. The van der Waals surface area contributed by atoms with E-state index >= 15 is 0 Å². The summed E-state index contributed by atoms with van der Waals surface area (Å²) in [5, 5.41) is 6.21. The summed E-state index contributed by atoms with van der Waals surface area (Å²) in [5.74, 6) is -0.285. The van der Waals surface area contributed by atoms with Gasteiger partial charge in [-0.05, 0) is 57.5 Å². The zero-order valence-corrected chi connectivity index (χ0v) is 17.2. The van der Waals surface area contributed by atoms with Crippen LogP contribution in [0.4, 0.5) is 16.2 Å². The summed E-state index contributed by atoms with van der Waals surface area (Å²) >= 11 is 0. The van der Waals surface area contributed by atoms with E-state index in [-0.39, 0.29) is 18.5 Å². The smallest absolute Gasteiger partial charge is 0.410 e. The first-order valence-corrected chi connectivity index (χ1v) is 9.29. The quantitative estimate of drug-likeness (QED) is 0.761. The fourth-order valence-corrected chi connectivity index (χ4v) is 2.55. The van der Waals surface area contributed by atoms with Crippen LogP contribution in [0, 0.1) is 0 Å². The van der Waals surface area contributed by atoms with Crippen LogP contribution in [-0.4, -0.2) is 36.1 Å². The molecule has 1 atom stereocenters. The predicted molar refractivity (Wildman–Crippen MR) is 112 cm³/mol. The van der Waals surface area contributed by atoms with Crippen molar-refractivity contribution in [2.75, 3.05) is 24.2 Å². The van der Waals surface area contributed by atoms with Crippen molar-refractivity contribution < 1.29 is 14.3 Å². The summed E-state index contributed by atoms with van der Waals surface area (Å²) in [7, 11) is 1.53. The molecule has 0 aliphatic carbocycles. The highest BCUT2D eigenvalue weighted by atomic mass is 16.6. The van der Waals surface area contributed by atoms with Crippen LogP contribution in [0.1, 0.15) is 39.3 Å². The Bertz CT molecular complexity index is 783. The highest BCUT2D eigenvalue weighted by molar-refractivity contribution is 5.93. The number of anilines is 2. The molecular formula is C22H29N3O3. The van der Waals surface area contributed by atoms with Crippen LogP contribution >= 0.6 is 0 Å². The number of hydrogen-bond donors (Lipinski definition) is 2. The van der Waals surface area contributed by atoms with E-state index in [1.54, 1.807) is 20.8 Å². The molecule has 6 nitrogen and oxygen atoms in total. The number of ether oxygens (including phenoxy) is 1. The molecule has 2 amide bonds. The van der Waals surface area contributed by atoms with Crippen molar-refractivity contribution in [1.82, 2.24) is 4.90 Å². The second-order valence-electron chi connectivity index (χ2n) is 7.74. The SMILES string of the molecule is CC(Nc1ccc(NC(=O)CN(C)C(=O)OC(C)(C)C)cc1)c1ccccc1. The number of carbonyl (C=O) groups is 2. The summed E-state index contributed by atoms with van der Waals surface area (Å²) in [6.45, 7) is 7.37. The number of likely N-dealkylation sites (N-methyl/N-ethyl adjacent to an activating group) is 1. The van der Waals surface area contributed by atoms with Crippen LogP contribution in [0.25, 0.3) is 0 Å². The molecule has 150 valence electrons. The lowest BCUT2D eigenvalue weighted by Gasteiger charge is -2.24. The number of carbonyl (C=O) groups excluding carboxylic acids is 2. The van der Waals surface area contributed by atoms with Gasteiger partial charge in [-0.25, -0.2) is 4.79 Å². The standard InChI is InChI=1S/C22H29N3O3/c1-16(17-9-7-6-8-10-17)23-18-11-13-19(14-12-18)24-20(26)15-25(5)21(27)28-22(2,3)4/h6-14,16,23H,15H2,1-5H3,(H,24,26). The summed E-state index contributed by atoms with van der Waals surface area (Å²) in [4.78, 5) is 25.3. The van der Waals surface area contributed by atoms with Crippen molar-refractivity contribution in [3.63, 3.8) is 0 Å². The molecule has 1 unspecified atom stereocenters. The maximum absolute atomic E-state index is 12.2. The first-order chi connectivity index (χ1) is 13.1. The molecule has 0 bridgehead atoms. The number of amides is 2. The molecule has 0 heterocycles. The van der Waals surface area contributed by atoms with Crippen LogP contribution in [0.5, 0.6) is 0 Å². The van der Waals surface area contributed by atoms with E-state index < -0.39 is 11.7 Å². The first-order valence-electron chi connectivity index (χ1n) is 9.29. The molecule has 0 fully saturated rings. The highest BCUT2D eigenvalue weighted by Crippen LogP contribution is 2.20. The average Bonchev–Trinajstić information content (AvgIpc) is 2.62. The van der Waals surface area contributed by atoms with Gasteiger partial charge in [0.05, 0.1) is 0 Å². The molecule has 0 aliphatic heterocycles. The first kappa shape index (κ1) is 21.3. The zero-order chi connectivity index (χ0) is 20.7. The lowest BCUT2D eigenvalue weighted by molar-refractivity contribution is -0.117. The molecule has 2 rings (SSSR count). The maximum atomic E-state index is 12.2. The fourth-order valence-electron chi connectivity index (χ4n) is 2.55. The molecular weight excluding hydrogens is 354 g/mol. The van der Waals surface area contributed by atoms with Crippen molar-refractivity contribution in [1.29, 1.82) is 0 Å². The second kappa shape index (κ2) is 9.26. The van der Waals surface area contributed by atoms with E-state index in [9.17, 15) is 9.59 Å². The Kier molecular flexibility index (Phi) is 7.04. The topological polar surface area (TPSA) is 70.7 Å². The highest BCUT2D eigenvalue weighted by Gasteiger charge is 2.21. The van der Waals surface area contributed by atoms with Gasteiger partial charge >= 0.3 is 6.09 Å². The Morgan fingerprint density at radius 2 is 1.57 bits per heavy atom. The Morgan fingerprint density at radius 1 is 1.00 bits per heavy atom. The predicted octanol–water partition coefficient (Wildman–Crippen LogP) is 4.67. The van der Waals surface area contributed by atoms with E-state index in [0.29, 0.717) is 5.69 Å². The lowest BCUT2D eigenvalue weighted by Crippen LogP contribution is -2.38. The molecule has 28 heavy (non-hydrogen) atoms. The Hall–Kier alpha value is -3.02. The van der Waals surface area contributed by atoms with Crippen molar-refractivity contribution in [2.24, 2.45) is 0 Å². The summed E-state index contributed by atoms with van der Waals surface area (Å²) < 4.78 is 5.24. The fraction of sp³-hybridized carbons (Fsp3) is 0.364. The van der Waals surface area contributed by atoms with Crippen LogP contribution in [0.3, 0.4) is 0 Å². The summed E-state index contributed by atoms with van der Waals surface area (Å²) in [6, 6.07) is 17.8. The van der Waals surface area contributed by atoms with Gasteiger partial charge in [0.25, 0.3) is 0 Å². The van der Waals surface area contributed by atoms with E-state index in [0.717, 1.165) is 5.69 Å². The molecule has 0 radical (unpaired) electrons. The summed E-state index contributed by atoms with van der Waals surface area (Å²) in [6.07, 6.45) is -0.530. The summed E-state index contributed by atoms with van der Waals surface area (Å²) in [5.41, 5.74) is 2.23. The van der Waals surface area contributed by atoms with Crippen molar-refractivity contribution >= 4 is 23.4 Å². The molecule has 0 saturated heterocycles. The second-order valence-corrected chi connectivity index (χ2v) is 7.74. The molecule has 2 N–H and O–H groups in total.